The topological polar surface area (TPSA) is 17.1 Å². The van der Waals surface area contributed by atoms with Crippen molar-refractivity contribution >= 4 is 17.9 Å². The number of rotatable bonds is 2. The summed E-state index contributed by atoms with van der Waals surface area (Å²) >= 11 is 5.93. The van der Waals surface area contributed by atoms with Gasteiger partial charge in [-0.1, -0.05) is 35.9 Å². The van der Waals surface area contributed by atoms with E-state index >= 15 is 0 Å². The smallest absolute Gasteiger partial charge is 0.298 e. The molecule has 0 aliphatic carbocycles. The van der Waals surface area contributed by atoms with Crippen LogP contribution in [0.1, 0.15) is 15.9 Å². The zero-order valence-electron chi connectivity index (χ0n) is 9.54. The van der Waals surface area contributed by atoms with E-state index in [1.54, 1.807) is 0 Å². The van der Waals surface area contributed by atoms with Crippen LogP contribution < -0.4 is 0 Å². The van der Waals surface area contributed by atoms with Gasteiger partial charge in [0.1, 0.15) is 6.29 Å². The highest BCUT2D eigenvalue weighted by atomic mass is 35.5. The van der Waals surface area contributed by atoms with Gasteiger partial charge in [0, 0.05) is 16.1 Å². The van der Waals surface area contributed by atoms with E-state index in [0.717, 1.165) is 6.07 Å². The normalized spacial score (nSPS) is 11.4. The quantitative estimate of drug-likeness (QED) is 0.721. The van der Waals surface area contributed by atoms with Gasteiger partial charge in [-0.05, 0) is 23.8 Å². The Bertz CT molecular complexity index is 620. The molecule has 0 bridgehead atoms. The molecule has 2 aromatic carbocycles. The van der Waals surface area contributed by atoms with Crippen molar-refractivity contribution < 1.29 is 18.0 Å². The first-order valence-corrected chi connectivity index (χ1v) is 5.72. The summed E-state index contributed by atoms with van der Waals surface area (Å²) in [5.74, 6) is 0. The van der Waals surface area contributed by atoms with Crippen LogP contribution in [0.5, 0.6) is 0 Å². The van der Waals surface area contributed by atoms with Crippen LogP contribution in [0.15, 0.2) is 42.5 Å². The predicted octanol–water partition coefficient (Wildman–Crippen LogP) is 4.84. The van der Waals surface area contributed by atoms with Crippen molar-refractivity contribution in [3.05, 3.63) is 58.6 Å². The van der Waals surface area contributed by atoms with Crippen LogP contribution in [0.2, 0.25) is 5.02 Å². The lowest BCUT2D eigenvalue weighted by Gasteiger charge is -2.14. The Kier molecular flexibility index (Phi) is 3.62. The van der Waals surface area contributed by atoms with Gasteiger partial charge in [-0.25, -0.2) is 0 Å². The third kappa shape index (κ3) is 2.79. The molecular formula is C14H8ClF3O. The molecule has 2 rings (SSSR count). The van der Waals surface area contributed by atoms with Gasteiger partial charge in [0.2, 0.25) is 0 Å². The number of carbonyl (C=O) groups is 1. The lowest BCUT2D eigenvalue weighted by Crippen LogP contribution is -2.07. The molecule has 2 aromatic rings. The first-order chi connectivity index (χ1) is 8.93. The van der Waals surface area contributed by atoms with Crippen molar-refractivity contribution in [2.24, 2.45) is 0 Å². The highest BCUT2D eigenvalue weighted by Gasteiger charge is 2.33. The first kappa shape index (κ1) is 13.6. The lowest BCUT2D eigenvalue weighted by molar-refractivity contribution is -0.137. The Balaban J connectivity index is 2.69. The fourth-order valence-electron chi connectivity index (χ4n) is 1.79. The van der Waals surface area contributed by atoms with Crippen molar-refractivity contribution in [3.63, 3.8) is 0 Å². The first-order valence-electron chi connectivity index (χ1n) is 5.35. The van der Waals surface area contributed by atoms with Crippen molar-refractivity contribution in [2.75, 3.05) is 0 Å². The molecule has 0 saturated heterocycles. The van der Waals surface area contributed by atoms with E-state index < -0.39 is 11.7 Å². The fourth-order valence-corrected chi connectivity index (χ4v) is 2.01. The molecule has 0 N–H and O–H groups in total. The molecule has 0 saturated carbocycles. The molecule has 98 valence electrons. The van der Waals surface area contributed by atoms with Gasteiger partial charge in [-0.3, -0.25) is 4.79 Å². The maximum absolute atomic E-state index is 12.9. The van der Waals surface area contributed by atoms with Crippen molar-refractivity contribution in [1.82, 2.24) is 0 Å². The van der Waals surface area contributed by atoms with E-state index in [-0.39, 0.29) is 21.7 Å². The van der Waals surface area contributed by atoms with Crippen LogP contribution in [0.4, 0.5) is 13.2 Å². The van der Waals surface area contributed by atoms with Crippen LogP contribution in [0.25, 0.3) is 11.1 Å². The molecule has 5 heteroatoms. The Labute approximate surface area is 112 Å². The van der Waals surface area contributed by atoms with Crippen molar-refractivity contribution in [3.8, 4) is 11.1 Å². The summed E-state index contributed by atoms with van der Waals surface area (Å²) in [5.41, 5.74) is -0.348. The highest BCUT2D eigenvalue weighted by molar-refractivity contribution is 6.33. The van der Waals surface area contributed by atoms with Crippen LogP contribution in [-0.2, 0) is 6.18 Å². The standard InChI is InChI=1S/C14H8ClF3O/c15-13-6-5-9(8-19)7-11(13)10-3-1-2-4-12(10)14(16,17)18/h1-8H. The molecule has 0 fully saturated rings. The highest BCUT2D eigenvalue weighted by Crippen LogP contribution is 2.39. The van der Waals surface area contributed by atoms with Gasteiger partial charge in [-0.15, -0.1) is 0 Å². The molecule has 19 heavy (non-hydrogen) atoms. The minimum absolute atomic E-state index is 0.0382. The number of benzene rings is 2. The zero-order valence-corrected chi connectivity index (χ0v) is 10.3. The fraction of sp³-hybridized carbons (Fsp3) is 0.0714. The molecule has 0 aliphatic heterocycles. The van der Waals surface area contributed by atoms with Crippen LogP contribution in [-0.4, -0.2) is 6.29 Å². The van der Waals surface area contributed by atoms with E-state index in [4.69, 9.17) is 11.6 Å². The van der Waals surface area contributed by atoms with Gasteiger partial charge in [-0.2, -0.15) is 13.2 Å². The molecule has 1 nitrogen and oxygen atoms in total. The average molecular weight is 285 g/mol. The largest absolute Gasteiger partial charge is 0.417 e. The predicted molar refractivity (Wildman–Crippen MR) is 67.3 cm³/mol. The number of halogens is 4. The van der Waals surface area contributed by atoms with Crippen LogP contribution in [0.3, 0.4) is 0 Å². The Morgan fingerprint density at radius 3 is 2.32 bits per heavy atom. The minimum Gasteiger partial charge on any atom is -0.298 e. The number of hydrogen-bond donors (Lipinski definition) is 0. The summed E-state index contributed by atoms with van der Waals surface area (Å²) < 4.78 is 38.8. The van der Waals surface area contributed by atoms with Gasteiger partial charge < -0.3 is 0 Å². The summed E-state index contributed by atoms with van der Waals surface area (Å²) in [6.45, 7) is 0. The van der Waals surface area contributed by atoms with Crippen LogP contribution >= 0.6 is 11.6 Å². The maximum atomic E-state index is 12.9. The lowest BCUT2D eigenvalue weighted by atomic mass is 9.98. The second-order valence-electron chi connectivity index (χ2n) is 3.90. The Morgan fingerprint density at radius 1 is 1.00 bits per heavy atom. The molecule has 0 unspecified atom stereocenters. The van der Waals surface area contributed by atoms with Crippen LogP contribution in [0, 0.1) is 0 Å². The third-order valence-corrected chi connectivity index (χ3v) is 2.98. The van der Waals surface area contributed by atoms with E-state index in [2.05, 4.69) is 0 Å². The molecule has 0 spiro atoms. The number of aldehydes is 1. The summed E-state index contributed by atoms with van der Waals surface area (Å²) in [6.07, 6.45) is -3.91. The number of carbonyl (C=O) groups excluding carboxylic acids is 1. The van der Waals surface area contributed by atoms with Crippen molar-refractivity contribution in [1.29, 1.82) is 0 Å². The molecule has 0 aromatic heterocycles. The maximum Gasteiger partial charge on any atom is 0.417 e. The van der Waals surface area contributed by atoms with Crippen molar-refractivity contribution in [2.45, 2.75) is 6.18 Å². The third-order valence-electron chi connectivity index (χ3n) is 2.65. The average Bonchev–Trinajstić information content (AvgIpc) is 2.38. The molecule has 0 aliphatic rings. The summed E-state index contributed by atoms with van der Waals surface area (Å²) in [5, 5.41) is 0.169. The molecule has 0 atom stereocenters. The van der Waals surface area contributed by atoms with E-state index in [0.29, 0.717) is 6.29 Å². The van der Waals surface area contributed by atoms with E-state index in [9.17, 15) is 18.0 Å². The van der Waals surface area contributed by atoms with E-state index in [1.807, 2.05) is 0 Å². The Hall–Kier alpha value is -1.81. The van der Waals surface area contributed by atoms with Gasteiger partial charge in [0.25, 0.3) is 0 Å². The minimum atomic E-state index is -4.48. The number of hydrogen-bond acceptors (Lipinski definition) is 1. The SMILES string of the molecule is O=Cc1ccc(Cl)c(-c2ccccc2C(F)(F)F)c1. The van der Waals surface area contributed by atoms with Gasteiger partial charge in [0.15, 0.2) is 0 Å². The monoisotopic (exact) mass is 284 g/mol. The Morgan fingerprint density at radius 2 is 1.68 bits per heavy atom. The second-order valence-corrected chi connectivity index (χ2v) is 4.31. The van der Waals surface area contributed by atoms with Gasteiger partial charge >= 0.3 is 6.18 Å². The molecular weight excluding hydrogens is 277 g/mol. The summed E-state index contributed by atoms with van der Waals surface area (Å²) in [7, 11) is 0. The zero-order chi connectivity index (χ0) is 14.0. The molecule has 0 radical (unpaired) electrons. The molecule has 0 amide bonds. The van der Waals surface area contributed by atoms with Gasteiger partial charge in [0.05, 0.1) is 5.56 Å². The summed E-state index contributed by atoms with van der Waals surface area (Å²) in [4.78, 5) is 10.7. The molecule has 0 heterocycles. The second kappa shape index (κ2) is 5.05. The number of alkyl halides is 3. The summed E-state index contributed by atoms with van der Waals surface area (Å²) in [6, 6.07) is 9.33. The van der Waals surface area contributed by atoms with E-state index in [1.165, 1.54) is 36.4 Å².